The number of ether oxygens (including phenoxy) is 1. The Morgan fingerprint density at radius 3 is 2.23 bits per heavy atom. The average Bonchev–Trinajstić information content (AvgIpc) is 2.95. The summed E-state index contributed by atoms with van der Waals surface area (Å²) in [5.74, 6) is 1.18. The van der Waals surface area contributed by atoms with Gasteiger partial charge in [-0.05, 0) is 66.1 Å². The second kappa shape index (κ2) is 12.0. The molecule has 0 saturated carbocycles. The van der Waals surface area contributed by atoms with Crippen molar-refractivity contribution in [3.05, 3.63) is 95.8 Å². The van der Waals surface area contributed by atoms with Gasteiger partial charge >= 0.3 is 0 Å². The van der Waals surface area contributed by atoms with Crippen LogP contribution in [0, 0.1) is 5.92 Å². The van der Waals surface area contributed by atoms with E-state index in [1.165, 1.54) is 5.56 Å². The second-order valence-corrected chi connectivity index (χ2v) is 11.2. The van der Waals surface area contributed by atoms with Gasteiger partial charge in [-0.15, -0.1) is 0 Å². The highest BCUT2D eigenvalue weighted by Crippen LogP contribution is 2.35. The lowest BCUT2D eigenvalue weighted by molar-refractivity contribution is -0.162. The van der Waals surface area contributed by atoms with Crippen molar-refractivity contribution < 1.29 is 14.3 Å². The molecule has 3 heterocycles. The smallest absolute Gasteiger partial charge is 0.246 e. The molecule has 2 amide bonds. The minimum absolute atomic E-state index is 0.0126. The normalized spacial score (nSPS) is 19.4. The third-order valence-electron chi connectivity index (χ3n) is 7.87. The zero-order valence-electron chi connectivity index (χ0n) is 22.9. The van der Waals surface area contributed by atoms with E-state index in [1.54, 1.807) is 12.4 Å². The quantitative estimate of drug-likeness (QED) is 0.442. The van der Waals surface area contributed by atoms with Crippen LogP contribution in [0.4, 0.5) is 0 Å². The number of rotatable bonds is 9. The van der Waals surface area contributed by atoms with Gasteiger partial charge in [0.2, 0.25) is 11.8 Å². The van der Waals surface area contributed by atoms with Gasteiger partial charge in [-0.2, -0.15) is 0 Å². The van der Waals surface area contributed by atoms with Gasteiger partial charge in [0.25, 0.3) is 0 Å². The Morgan fingerprint density at radius 1 is 0.897 bits per heavy atom. The topological polar surface area (TPSA) is 74.8 Å². The van der Waals surface area contributed by atoms with Crippen LogP contribution >= 0.6 is 0 Å². The number of likely N-dealkylation sites (tertiary alicyclic amines) is 1. The summed E-state index contributed by atoms with van der Waals surface area (Å²) in [6, 6.07) is 21.8. The Kier molecular flexibility index (Phi) is 8.27. The molecule has 2 aliphatic heterocycles. The highest BCUT2D eigenvalue weighted by Gasteiger charge is 2.53. The minimum atomic E-state index is -0.820. The fraction of sp³-hybridized carbons (Fsp3) is 0.406. The van der Waals surface area contributed by atoms with Crippen LogP contribution in [-0.2, 0) is 29.3 Å². The van der Waals surface area contributed by atoms with Crippen molar-refractivity contribution in [2.45, 2.75) is 64.4 Å². The van der Waals surface area contributed by atoms with Crippen molar-refractivity contribution in [3.8, 4) is 5.75 Å². The molecule has 1 unspecified atom stereocenters. The van der Waals surface area contributed by atoms with Crippen molar-refractivity contribution in [2.75, 3.05) is 13.1 Å². The monoisotopic (exact) mass is 526 g/mol. The van der Waals surface area contributed by atoms with Gasteiger partial charge in [-0.25, -0.2) is 0 Å². The molecule has 2 aromatic carbocycles. The predicted molar refractivity (Wildman–Crippen MR) is 151 cm³/mol. The van der Waals surface area contributed by atoms with Gasteiger partial charge in [0.1, 0.15) is 23.9 Å². The summed E-state index contributed by atoms with van der Waals surface area (Å²) in [6.45, 7) is 7.42. The van der Waals surface area contributed by atoms with E-state index in [9.17, 15) is 9.59 Å². The fourth-order valence-electron chi connectivity index (χ4n) is 5.68. The Bertz CT molecular complexity index is 1240. The summed E-state index contributed by atoms with van der Waals surface area (Å²) in [7, 11) is 0. The third-order valence-corrected chi connectivity index (χ3v) is 7.87. The highest BCUT2D eigenvalue weighted by molar-refractivity contribution is 6.00. The van der Waals surface area contributed by atoms with Crippen LogP contribution in [0.1, 0.15) is 49.8 Å². The van der Waals surface area contributed by atoms with Crippen LogP contribution < -0.4 is 10.1 Å². The molecule has 1 atom stereocenters. The maximum Gasteiger partial charge on any atom is 0.246 e. The average molecular weight is 527 g/mol. The number of carbonyl (C=O) groups is 2. The maximum absolute atomic E-state index is 13.7. The standard InChI is InChI=1S/C32H38N4O3/c1-24(2)20-29-30(37)36(22-26-12-16-33-17-13-26)32(31(38)34-29)14-18-35(19-15-32)21-25-8-10-28(11-9-25)39-23-27-6-4-3-5-7-27/h3-13,16-17,24,29H,14-15,18-23H2,1-2H3,(H,34,38). The molecule has 1 aromatic heterocycles. The van der Waals surface area contributed by atoms with Crippen LogP contribution in [0.15, 0.2) is 79.1 Å². The number of pyridine rings is 1. The first-order valence-electron chi connectivity index (χ1n) is 13.9. The van der Waals surface area contributed by atoms with Crippen LogP contribution in [0.3, 0.4) is 0 Å². The van der Waals surface area contributed by atoms with Crippen LogP contribution in [-0.4, -0.2) is 51.3 Å². The number of nitrogens with one attached hydrogen (secondary N) is 1. The number of hydrogen-bond donors (Lipinski definition) is 1. The SMILES string of the molecule is CC(C)CC1NC(=O)C2(CCN(Cc3ccc(OCc4ccccc4)cc3)CC2)N(Cc2ccncc2)C1=O. The number of piperazine rings is 1. The van der Waals surface area contributed by atoms with Crippen molar-refractivity contribution in [2.24, 2.45) is 5.92 Å². The zero-order valence-corrected chi connectivity index (χ0v) is 22.9. The number of carbonyl (C=O) groups excluding carboxylic acids is 2. The Balaban J connectivity index is 1.23. The summed E-state index contributed by atoms with van der Waals surface area (Å²) in [5, 5.41) is 3.09. The van der Waals surface area contributed by atoms with Gasteiger partial charge in [0.15, 0.2) is 0 Å². The van der Waals surface area contributed by atoms with E-state index in [1.807, 2.05) is 47.4 Å². The Labute approximate surface area is 231 Å². The van der Waals surface area contributed by atoms with Crippen LogP contribution in [0.25, 0.3) is 0 Å². The van der Waals surface area contributed by atoms with E-state index in [4.69, 9.17) is 4.74 Å². The summed E-state index contributed by atoms with van der Waals surface area (Å²) < 4.78 is 5.93. The molecule has 7 nitrogen and oxygen atoms in total. The summed E-state index contributed by atoms with van der Waals surface area (Å²) in [5.41, 5.74) is 2.52. The molecule has 2 saturated heterocycles. The van der Waals surface area contributed by atoms with E-state index in [0.29, 0.717) is 38.3 Å². The molecule has 0 radical (unpaired) electrons. The van der Waals surface area contributed by atoms with E-state index in [2.05, 4.69) is 53.3 Å². The molecule has 1 spiro atoms. The summed E-state index contributed by atoms with van der Waals surface area (Å²) >= 11 is 0. The van der Waals surface area contributed by atoms with E-state index in [-0.39, 0.29) is 11.8 Å². The van der Waals surface area contributed by atoms with Crippen LogP contribution in [0.2, 0.25) is 0 Å². The van der Waals surface area contributed by atoms with E-state index in [0.717, 1.165) is 36.5 Å². The molecule has 204 valence electrons. The largest absolute Gasteiger partial charge is 0.489 e. The molecule has 2 aliphatic rings. The van der Waals surface area contributed by atoms with Crippen molar-refractivity contribution >= 4 is 11.8 Å². The molecule has 1 N–H and O–H groups in total. The third kappa shape index (κ3) is 6.31. The van der Waals surface area contributed by atoms with E-state index >= 15 is 0 Å². The highest BCUT2D eigenvalue weighted by atomic mass is 16.5. The minimum Gasteiger partial charge on any atom is -0.489 e. The second-order valence-electron chi connectivity index (χ2n) is 11.2. The van der Waals surface area contributed by atoms with Crippen molar-refractivity contribution in [3.63, 3.8) is 0 Å². The molecular formula is C32H38N4O3. The number of hydrogen-bond acceptors (Lipinski definition) is 5. The number of piperidine rings is 1. The lowest BCUT2D eigenvalue weighted by atomic mass is 9.80. The van der Waals surface area contributed by atoms with Gasteiger partial charge in [-0.3, -0.25) is 19.5 Å². The Morgan fingerprint density at radius 2 is 1.56 bits per heavy atom. The van der Waals surface area contributed by atoms with Gasteiger partial charge in [-0.1, -0.05) is 56.3 Å². The summed E-state index contributed by atoms with van der Waals surface area (Å²) in [4.78, 5) is 35.7. The summed E-state index contributed by atoms with van der Waals surface area (Å²) in [6.07, 6.45) is 5.35. The fourth-order valence-corrected chi connectivity index (χ4v) is 5.68. The van der Waals surface area contributed by atoms with Crippen molar-refractivity contribution in [1.82, 2.24) is 20.1 Å². The molecule has 2 fully saturated rings. The molecular weight excluding hydrogens is 488 g/mol. The molecule has 39 heavy (non-hydrogen) atoms. The number of aromatic nitrogens is 1. The number of benzene rings is 2. The Hall–Kier alpha value is -3.71. The van der Waals surface area contributed by atoms with Gasteiger partial charge < -0.3 is 15.0 Å². The first-order valence-corrected chi connectivity index (χ1v) is 13.9. The van der Waals surface area contributed by atoms with Gasteiger partial charge in [0.05, 0.1) is 0 Å². The molecule has 3 aromatic rings. The van der Waals surface area contributed by atoms with E-state index < -0.39 is 11.6 Å². The maximum atomic E-state index is 13.7. The van der Waals surface area contributed by atoms with Crippen LogP contribution in [0.5, 0.6) is 5.75 Å². The molecule has 5 rings (SSSR count). The predicted octanol–water partition coefficient (Wildman–Crippen LogP) is 4.57. The lowest BCUT2D eigenvalue weighted by Gasteiger charge is -2.52. The molecule has 0 aliphatic carbocycles. The molecule has 0 bridgehead atoms. The molecule has 7 heteroatoms. The lowest BCUT2D eigenvalue weighted by Crippen LogP contribution is -2.72. The van der Waals surface area contributed by atoms with Gasteiger partial charge in [0, 0.05) is 38.6 Å². The first-order chi connectivity index (χ1) is 18.9. The number of amides is 2. The first kappa shape index (κ1) is 26.9. The van der Waals surface area contributed by atoms with Crippen molar-refractivity contribution in [1.29, 1.82) is 0 Å². The number of nitrogens with zero attached hydrogens (tertiary/aromatic N) is 3. The zero-order chi connectivity index (χ0) is 27.2.